The summed E-state index contributed by atoms with van der Waals surface area (Å²) >= 11 is 12.1. The molecule has 0 atom stereocenters. The molecule has 1 aromatic carbocycles. The molecule has 3 rings (SSSR count). The van der Waals surface area contributed by atoms with Gasteiger partial charge in [-0.3, -0.25) is 4.79 Å². The van der Waals surface area contributed by atoms with E-state index >= 15 is 0 Å². The molecule has 3 aromatic rings. The monoisotopic (exact) mass is 349 g/mol. The number of aromatic carboxylic acids is 1. The normalized spacial score (nSPS) is 10.9. The van der Waals surface area contributed by atoms with Crippen LogP contribution in [0, 0.1) is 6.92 Å². The Morgan fingerprint density at radius 1 is 1.26 bits per heavy atom. The summed E-state index contributed by atoms with van der Waals surface area (Å²) in [5.74, 6) is -1.31. The van der Waals surface area contributed by atoms with Gasteiger partial charge in [0.1, 0.15) is 17.4 Å². The molecule has 116 valence electrons. The second-order valence-corrected chi connectivity index (χ2v) is 5.67. The maximum atomic E-state index is 12.4. The summed E-state index contributed by atoms with van der Waals surface area (Å²) in [5.41, 5.74) is 0.474. The minimum Gasteiger partial charge on any atom is -0.477 e. The van der Waals surface area contributed by atoms with Crippen LogP contribution in [0.3, 0.4) is 0 Å². The molecule has 0 unspecified atom stereocenters. The number of benzene rings is 1. The van der Waals surface area contributed by atoms with Gasteiger partial charge in [-0.1, -0.05) is 23.2 Å². The summed E-state index contributed by atoms with van der Waals surface area (Å²) in [7, 11) is 0. The number of aromatic amines is 1. The molecule has 0 aliphatic rings. The summed E-state index contributed by atoms with van der Waals surface area (Å²) in [5, 5.41) is 9.99. The summed E-state index contributed by atoms with van der Waals surface area (Å²) in [6.07, 6.45) is 1.19. The van der Waals surface area contributed by atoms with E-state index in [0.29, 0.717) is 26.8 Å². The second kappa shape index (κ2) is 5.64. The third-order valence-electron chi connectivity index (χ3n) is 3.38. The van der Waals surface area contributed by atoms with E-state index < -0.39 is 11.4 Å². The quantitative estimate of drug-likeness (QED) is 0.739. The van der Waals surface area contributed by atoms with E-state index in [1.165, 1.54) is 13.3 Å². The molecule has 2 aromatic heterocycles. The first-order valence-electron chi connectivity index (χ1n) is 6.46. The average Bonchev–Trinajstić information content (AvgIpc) is 2.47. The van der Waals surface area contributed by atoms with Crippen LogP contribution in [-0.4, -0.2) is 26.0 Å². The lowest BCUT2D eigenvalue weighted by atomic mass is 10.1. The highest BCUT2D eigenvalue weighted by molar-refractivity contribution is 6.36. The highest BCUT2D eigenvalue weighted by Gasteiger charge is 2.19. The Balaban J connectivity index is 2.41. The molecule has 0 radical (unpaired) electrons. The van der Waals surface area contributed by atoms with Gasteiger partial charge in [-0.05, 0) is 25.1 Å². The Kier molecular flexibility index (Phi) is 3.79. The second-order valence-electron chi connectivity index (χ2n) is 4.83. The van der Waals surface area contributed by atoms with E-state index in [2.05, 4.69) is 15.0 Å². The third kappa shape index (κ3) is 2.56. The van der Waals surface area contributed by atoms with Crippen molar-refractivity contribution >= 4 is 40.2 Å². The van der Waals surface area contributed by atoms with Crippen molar-refractivity contribution in [1.82, 2.24) is 15.0 Å². The summed E-state index contributed by atoms with van der Waals surface area (Å²) in [6, 6.07) is 4.88. The smallest absolute Gasteiger partial charge is 0.341 e. The molecule has 0 aliphatic carbocycles. The van der Waals surface area contributed by atoms with E-state index in [1.807, 2.05) is 0 Å². The van der Waals surface area contributed by atoms with Gasteiger partial charge < -0.3 is 10.1 Å². The summed E-state index contributed by atoms with van der Waals surface area (Å²) < 4.78 is 0. The Labute approximate surface area is 139 Å². The Morgan fingerprint density at radius 2 is 2.00 bits per heavy atom. The number of nitrogens with zero attached hydrogens (tertiary/aromatic N) is 2. The average molecular weight is 350 g/mol. The van der Waals surface area contributed by atoms with Crippen molar-refractivity contribution in [2.45, 2.75) is 6.92 Å². The number of hydrogen-bond acceptors (Lipinski definition) is 4. The molecule has 2 N–H and O–H groups in total. The molecule has 2 heterocycles. The van der Waals surface area contributed by atoms with Crippen molar-refractivity contribution in [3.63, 3.8) is 0 Å². The third-order valence-corrected chi connectivity index (χ3v) is 3.92. The van der Waals surface area contributed by atoms with Crippen molar-refractivity contribution < 1.29 is 9.90 Å². The predicted molar refractivity (Wildman–Crippen MR) is 87.3 cm³/mol. The predicted octanol–water partition coefficient (Wildman–Crippen LogP) is 3.30. The zero-order valence-electron chi connectivity index (χ0n) is 11.7. The van der Waals surface area contributed by atoms with Crippen LogP contribution in [0.25, 0.3) is 22.3 Å². The van der Waals surface area contributed by atoms with Gasteiger partial charge in [-0.25, -0.2) is 14.8 Å². The summed E-state index contributed by atoms with van der Waals surface area (Å²) in [6.45, 7) is 1.50. The van der Waals surface area contributed by atoms with Crippen LogP contribution in [0.4, 0.5) is 0 Å². The number of aromatic nitrogens is 3. The van der Waals surface area contributed by atoms with Gasteiger partial charge in [0.15, 0.2) is 0 Å². The Hall–Kier alpha value is -2.44. The molecule has 0 bridgehead atoms. The molecule has 0 fully saturated rings. The number of halogens is 2. The van der Waals surface area contributed by atoms with Crippen LogP contribution in [0.2, 0.25) is 10.0 Å². The number of pyridine rings is 1. The first-order chi connectivity index (χ1) is 10.9. The van der Waals surface area contributed by atoms with E-state index in [9.17, 15) is 9.59 Å². The van der Waals surface area contributed by atoms with Crippen LogP contribution < -0.4 is 5.43 Å². The molecule has 0 spiro atoms. The van der Waals surface area contributed by atoms with Crippen molar-refractivity contribution in [2.24, 2.45) is 0 Å². The standard InChI is InChI=1S/C15H9Cl2N3O3/c1-6-10(15(22)23)14(21)13-12(20-6)11(18-5-19-13)8-3-2-7(16)4-9(8)17/h2-5H,1H3,(H,20,21)(H,22,23). The topological polar surface area (TPSA) is 95.9 Å². The Morgan fingerprint density at radius 3 is 2.65 bits per heavy atom. The molecule has 0 saturated heterocycles. The number of rotatable bonds is 2. The molecular weight excluding hydrogens is 341 g/mol. The zero-order chi connectivity index (χ0) is 16.7. The van der Waals surface area contributed by atoms with E-state index in [0.717, 1.165) is 0 Å². The van der Waals surface area contributed by atoms with E-state index in [-0.39, 0.29) is 16.8 Å². The van der Waals surface area contributed by atoms with Crippen LogP contribution in [-0.2, 0) is 0 Å². The van der Waals surface area contributed by atoms with Gasteiger partial charge in [-0.2, -0.15) is 0 Å². The van der Waals surface area contributed by atoms with Crippen molar-refractivity contribution in [3.05, 3.63) is 56.1 Å². The molecule has 0 aliphatic heterocycles. The molecule has 0 amide bonds. The van der Waals surface area contributed by atoms with Crippen LogP contribution >= 0.6 is 23.2 Å². The lowest BCUT2D eigenvalue weighted by molar-refractivity contribution is 0.0694. The number of carbonyl (C=O) groups is 1. The fraction of sp³-hybridized carbons (Fsp3) is 0.0667. The molecule has 8 heteroatoms. The minimum atomic E-state index is -1.31. The fourth-order valence-electron chi connectivity index (χ4n) is 2.36. The van der Waals surface area contributed by atoms with E-state index in [4.69, 9.17) is 28.3 Å². The first kappa shape index (κ1) is 15.5. The van der Waals surface area contributed by atoms with E-state index in [1.54, 1.807) is 18.2 Å². The number of hydrogen-bond donors (Lipinski definition) is 2. The van der Waals surface area contributed by atoms with Gasteiger partial charge in [0.25, 0.3) is 0 Å². The minimum absolute atomic E-state index is 0.0102. The fourth-order valence-corrected chi connectivity index (χ4v) is 2.86. The van der Waals surface area contributed by atoms with Gasteiger partial charge in [-0.15, -0.1) is 0 Å². The maximum absolute atomic E-state index is 12.4. The largest absolute Gasteiger partial charge is 0.477 e. The number of nitrogens with one attached hydrogen (secondary N) is 1. The first-order valence-corrected chi connectivity index (χ1v) is 7.22. The lowest BCUT2D eigenvalue weighted by Crippen LogP contribution is -2.19. The van der Waals surface area contributed by atoms with Gasteiger partial charge in [0.05, 0.1) is 16.2 Å². The van der Waals surface area contributed by atoms with Crippen LogP contribution in [0.15, 0.2) is 29.3 Å². The number of aryl methyl sites for hydroxylation is 1. The summed E-state index contributed by atoms with van der Waals surface area (Å²) in [4.78, 5) is 34.6. The highest BCUT2D eigenvalue weighted by Crippen LogP contribution is 2.31. The molecular formula is C15H9Cl2N3O3. The van der Waals surface area contributed by atoms with Gasteiger partial charge in [0, 0.05) is 16.3 Å². The Bertz CT molecular complexity index is 1010. The highest BCUT2D eigenvalue weighted by atomic mass is 35.5. The number of carboxylic acids is 1. The SMILES string of the molecule is Cc1[nH]c2c(-c3ccc(Cl)cc3Cl)ncnc2c(=O)c1C(=O)O. The molecule has 23 heavy (non-hydrogen) atoms. The molecule has 6 nitrogen and oxygen atoms in total. The van der Waals surface area contributed by atoms with Crippen LogP contribution in [0.5, 0.6) is 0 Å². The number of carboxylic acid groups (broad SMARTS) is 1. The number of H-pyrrole nitrogens is 1. The zero-order valence-corrected chi connectivity index (χ0v) is 13.2. The van der Waals surface area contributed by atoms with Gasteiger partial charge >= 0.3 is 5.97 Å². The van der Waals surface area contributed by atoms with Crippen LogP contribution in [0.1, 0.15) is 16.1 Å². The van der Waals surface area contributed by atoms with Crippen molar-refractivity contribution in [3.8, 4) is 11.3 Å². The van der Waals surface area contributed by atoms with Crippen molar-refractivity contribution in [2.75, 3.05) is 0 Å². The van der Waals surface area contributed by atoms with Gasteiger partial charge in [0.2, 0.25) is 5.43 Å². The molecule has 0 saturated carbocycles. The van der Waals surface area contributed by atoms with Crippen molar-refractivity contribution in [1.29, 1.82) is 0 Å². The lowest BCUT2D eigenvalue weighted by Gasteiger charge is -2.09. The maximum Gasteiger partial charge on any atom is 0.341 e. The number of fused-ring (bicyclic) bond motifs is 1.